The van der Waals surface area contributed by atoms with Gasteiger partial charge in [0.05, 0.1) is 14.7 Å². The molecule has 1 aliphatic rings. The summed E-state index contributed by atoms with van der Waals surface area (Å²) >= 11 is 0.956. The maximum absolute atomic E-state index is 12.6. The molecule has 1 heterocycles. The Bertz CT molecular complexity index is 1120. The number of amidine groups is 1. The van der Waals surface area contributed by atoms with Crippen LogP contribution in [0.2, 0.25) is 0 Å². The molecule has 0 aliphatic carbocycles. The molecule has 0 bridgehead atoms. The highest BCUT2D eigenvalue weighted by Crippen LogP contribution is 2.33. The summed E-state index contributed by atoms with van der Waals surface area (Å²) in [5.74, 6) is -0.367. The van der Waals surface area contributed by atoms with E-state index < -0.39 is 14.9 Å². The molecule has 0 unspecified atom stereocenters. The Morgan fingerprint density at radius 2 is 1.76 bits per heavy atom. The van der Waals surface area contributed by atoms with Crippen molar-refractivity contribution >= 4 is 44.6 Å². The van der Waals surface area contributed by atoms with Gasteiger partial charge in [-0.15, -0.1) is 4.40 Å². The Labute approximate surface area is 172 Å². The zero-order chi connectivity index (χ0) is 21.2. The summed E-state index contributed by atoms with van der Waals surface area (Å²) in [5.41, 5.74) is 1.45. The lowest BCUT2D eigenvalue weighted by atomic mass is 10.2. The van der Waals surface area contributed by atoms with Gasteiger partial charge < -0.3 is 0 Å². The zero-order valence-corrected chi connectivity index (χ0v) is 17.2. The first-order chi connectivity index (χ1) is 13.7. The lowest BCUT2D eigenvalue weighted by Crippen LogP contribution is -2.29. The molecule has 0 saturated carbocycles. The van der Waals surface area contributed by atoms with E-state index in [4.69, 9.17) is 0 Å². The first kappa shape index (κ1) is 20.7. The number of rotatable bonds is 5. The molecule has 1 aliphatic heterocycles. The third kappa shape index (κ3) is 4.54. The Hall–Kier alpha value is -2.98. The van der Waals surface area contributed by atoms with Crippen molar-refractivity contribution in [2.24, 2.45) is 4.40 Å². The second-order valence-corrected chi connectivity index (χ2v) is 8.78. The fourth-order valence-corrected chi connectivity index (χ4v) is 4.81. The van der Waals surface area contributed by atoms with Crippen LogP contribution in [0.15, 0.2) is 62.7 Å². The highest BCUT2D eigenvalue weighted by atomic mass is 32.2. The van der Waals surface area contributed by atoms with E-state index in [1.54, 1.807) is 25.1 Å². The molecule has 1 saturated heterocycles. The van der Waals surface area contributed by atoms with Gasteiger partial charge in [-0.25, -0.2) is 0 Å². The molecular weight excluding hydrogens is 414 g/mol. The average molecular weight is 431 g/mol. The Morgan fingerprint density at radius 1 is 1.14 bits per heavy atom. The van der Waals surface area contributed by atoms with Crippen LogP contribution in [0, 0.1) is 17.0 Å². The minimum Gasteiger partial charge on any atom is -0.286 e. The lowest BCUT2D eigenvalue weighted by Gasteiger charge is -2.11. The molecule has 0 N–H and O–H groups in total. The number of thioether (sulfide) groups is 1. The SMILES string of the molecule is CCN1C(=O)/C(=C/c2ccc([N+](=O)[O-])cc2)S/C1=N/S(=O)(=O)c1ccc(C)cc1. The predicted molar refractivity (Wildman–Crippen MR) is 112 cm³/mol. The van der Waals surface area contributed by atoms with E-state index in [-0.39, 0.29) is 28.2 Å². The van der Waals surface area contributed by atoms with Gasteiger partial charge in [0, 0.05) is 18.7 Å². The van der Waals surface area contributed by atoms with Gasteiger partial charge in [0.25, 0.3) is 21.6 Å². The normalized spacial score (nSPS) is 17.3. The fraction of sp³-hybridized carbons (Fsp3) is 0.158. The average Bonchev–Trinajstić information content (AvgIpc) is 2.96. The van der Waals surface area contributed by atoms with Crippen molar-refractivity contribution in [2.75, 3.05) is 6.54 Å². The molecule has 2 aromatic rings. The van der Waals surface area contributed by atoms with Crippen molar-refractivity contribution in [3.05, 3.63) is 74.7 Å². The van der Waals surface area contributed by atoms with Gasteiger partial charge in [-0.1, -0.05) is 17.7 Å². The summed E-state index contributed by atoms with van der Waals surface area (Å²) in [6.45, 7) is 3.83. The number of nitrogens with zero attached hydrogens (tertiary/aromatic N) is 3. The highest BCUT2D eigenvalue weighted by Gasteiger charge is 2.34. The molecule has 0 spiro atoms. The van der Waals surface area contributed by atoms with E-state index in [2.05, 4.69) is 4.40 Å². The number of nitro groups is 1. The number of amides is 1. The van der Waals surface area contributed by atoms with Crippen LogP contribution < -0.4 is 0 Å². The number of sulfonamides is 1. The van der Waals surface area contributed by atoms with Gasteiger partial charge in [-0.3, -0.25) is 19.8 Å². The number of aryl methyl sites for hydroxylation is 1. The Balaban J connectivity index is 1.93. The number of benzene rings is 2. The number of hydrogen-bond donors (Lipinski definition) is 0. The van der Waals surface area contributed by atoms with E-state index in [0.717, 1.165) is 17.3 Å². The Morgan fingerprint density at radius 3 is 2.31 bits per heavy atom. The number of carbonyl (C=O) groups excluding carboxylic acids is 1. The van der Waals surface area contributed by atoms with Gasteiger partial charge in [-0.2, -0.15) is 8.42 Å². The van der Waals surface area contributed by atoms with Gasteiger partial charge in [-0.05, 0) is 61.5 Å². The molecule has 29 heavy (non-hydrogen) atoms. The second-order valence-electron chi connectivity index (χ2n) is 6.17. The predicted octanol–water partition coefficient (Wildman–Crippen LogP) is 3.58. The van der Waals surface area contributed by atoms with Crippen molar-refractivity contribution in [1.82, 2.24) is 4.90 Å². The fourth-order valence-electron chi connectivity index (χ4n) is 2.56. The van der Waals surface area contributed by atoms with Crippen LogP contribution in [0.3, 0.4) is 0 Å². The summed E-state index contributed by atoms with van der Waals surface area (Å²) in [7, 11) is -3.97. The minimum atomic E-state index is -3.97. The van der Waals surface area contributed by atoms with E-state index in [9.17, 15) is 23.3 Å². The molecule has 0 radical (unpaired) electrons. The quantitative estimate of drug-likeness (QED) is 0.406. The van der Waals surface area contributed by atoms with Gasteiger partial charge in [0.2, 0.25) is 0 Å². The summed E-state index contributed by atoms with van der Waals surface area (Å²) in [4.78, 5) is 24.5. The first-order valence-corrected chi connectivity index (χ1v) is 10.8. The van der Waals surface area contributed by atoms with Gasteiger partial charge >= 0.3 is 0 Å². The molecule has 1 amide bonds. The molecule has 8 nitrogen and oxygen atoms in total. The van der Waals surface area contributed by atoms with Crippen molar-refractivity contribution in [3.8, 4) is 0 Å². The van der Waals surface area contributed by atoms with Crippen molar-refractivity contribution in [1.29, 1.82) is 0 Å². The minimum absolute atomic E-state index is 0.0486. The number of likely N-dealkylation sites (N-methyl/N-ethyl adjacent to an activating group) is 1. The molecule has 3 rings (SSSR count). The van der Waals surface area contributed by atoms with Crippen molar-refractivity contribution < 1.29 is 18.1 Å². The molecular formula is C19H17N3O5S2. The third-order valence-corrected chi connectivity index (χ3v) is 6.53. The zero-order valence-electron chi connectivity index (χ0n) is 15.6. The highest BCUT2D eigenvalue weighted by molar-refractivity contribution is 8.19. The molecule has 1 fully saturated rings. The van der Waals surface area contributed by atoms with Crippen molar-refractivity contribution in [3.63, 3.8) is 0 Å². The number of carbonyl (C=O) groups is 1. The molecule has 2 aromatic carbocycles. The third-order valence-electron chi connectivity index (χ3n) is 4.12. The number of non-ortho nitro benzene ring substituents is 1. The Kier molecular flexibility index (Phi) is 5.85. The van der Waals surface area contributed by atoms with Gasteiger partial charge in [0.15, 0.2) is 5.17 Å². The largest absolute Gasteiger partial charge is 0.286 e. The van der Waals surface area contributed by atoms with Gasteiger partial charge in [0.1, 0.15) is 0 Å². The van der Waals surface area contributed by atoms with Crippen LogP contribution in [0.4, 0.5) is 5.69 Å². The number of hydrogen-bond acceptors (Lipinski definition) is 6. The number of nitro benzene ring substituents is 1. The molecule has 0 aromatic heterocycles. The van der Waals surface area contributed by atoms with E-state index >= 15 is 0 Å². The summed E-state index contributed by atoms with van der Waals surface area (Å²) in [6.07, 6.45) is 1.56. The maximum Gasteiger partial charge on any atom is 0.284 e. The van der Waals surface area contributed by atoms with E-state index in [1.807, 2.05) is 6.92 Å². The second kappa shape index (κ2) is 8.18. The first-order valence-electron chi connectivity index (χ1n) is 8.59. The molecule has 10 heteroatoms. The summed E-state index contributed by atoms with van der Waals surface area (Å²) in [6, 6.07) is 12.0. The maximum atomic E-state index is 12.6. The van der Waals surface area contributed by atoms with Crippen LogP contribution in [0.1, 0.15) is 18.1 Å². The van der Waals surface area contributed by atoms with Crippen LogP contribution in [-0.2, 0) is 14.8 Å². The summed E-state index contributed by atoms with van der Waals surface area (Å²) in [5, 5.41) is 10.8. The van der Waals surface area contributed by atoms with Crippen molar-refractivity contribution in [2.45, 2.75) is 18.7 Å². The summed E-state index contributed by atoms with van der Waals surface area (Å²) < 4.78 is 29.1. The monoisotopic (exact) mass is 431 g/mol. The smallest absolute Gasteiger partial charge is 0.284 e. The van der Waals surface area contributed by atoms with E-state index in [0.29, 0.717) is 10.5 Å². The van der Waals surface area contributed by atoms with Crippen LogP contribution in [0.5, 0.6) is 0 Å². The lowest BCUT2D eigenvalue weighted by molar-refractivity contribution is -0.384. The molecule has 150 valence electrons. The topological polar surface area (TPSA) is 110 Å². The van der Waals surface area contributed by atoms with Crippen LogP contribution in [-0.4, -0.2) is 35.9 Å². The van der Waals surface area contributed by atoms with E-state index in [1.165, 1.54) is 41.3 Å². The van der Waals surface area contributed by atoms with Crippen LogP contribution in [0.25, 0.3) is 6.08 Å². The van der Waals surface area contributed by atoms with Crippen LogP contribution >= 0.6 is 11.8 Å². The standard InChI is InChI=1S/C19H17N3O5S2/c1-3-21-18(23)17(12-14-6-8-15(9-7-14)22(24)25)28-19(21)20-29(26,27)16-10-4-13(2)5-11-16/h4-12H,3H2,1-2H3/b17-12-,20-19+. The molecule has 0 atom stereocenters.